The predicted octanol–water partition coefficient (Wildman–Crippen LogP) is 3.26. The summed E-state index contributed by atoms with van der Waals surface area (Å²) in [4.78, 5) is 10.6. The minimum atomic E-state index is -0.764. The van der Waals surface area contributed by atoms with Crippen molar-refractivity contribution in [2.24, 2.45) is 0 Å². The van der Waals surface area contributed by atoms with Crippen LogP contribution in [0.15, 0.2) is 30.3 Å². The number of carboxylic acid groups (broad SMARTS) is 1. The molecule has 4 heteroatoms. The van der Waals surface area contributed by atoms with Gasteiger partial charge in [0.25, 0.3) is 0 Å². The topological polar surface area (TPSA) is 55.8 Å². The molecule has 0 aliphatic rings. The molecule has 106 valence electrons. The van der Waals surface area contributed by atoms with E-state index >= 15 is 0 Å². The third-order valence-corrected chi connectivity index (χ3v) is 3.33. The van der Waals surface area contributed by atoms with Crippen LogP contribution in [0.25, 0.3) is 10.8 Å². The maximum Gasteiger partial charge on any atom is 0.303 e. The summed E-state index contributed by atoms with van der Waals surface area (Å²) in [7, 11) is 3.27. The molecule has 0 heterocycles. The Morgan fingerprint density at radius 2 is 1.90 bits per heavy atom. The van der Waals surface area contributed by atoms with Crippen molar-refractivity contribution in [2.45, 2.75) is 19.3 Å². The number of benzene rings is 2. The molecule has 0 atom stereocenters. The molecule has 0 saturated carbocycles. The fourth-order valence-electron chi connectivity index (χ4n) is 2.31. The molecule has 0 amide bonds. The van der Waals surface area contributed by atoms with Gasteiger partial charge in [-0.3, -0.25) is 4.79 Å². The van der Waals surface area contributed by atoms with Gasteiger partial charge in [0.05, 0.1) is 14.2 Å². The van der Waals surface area contributed by atoms with Crippen LogP contribution in [0.1, 0.15) is 18.4 Å². The fourth-order valence-corrected chi connectivity index (χ4v) is 2.31. The molecule has 20 heavy (non-hydrogen) atoms. The summed E-state index contributed by atoms with van der Waals surface area (Å²) < 4.78 is 10.6. The molecule has 0 unspecified atom stereocenters. The normalized spacial score (nSPS) is 10.5. The first kappa shape index (κ1) is 14.2. The van der Waals surface area contributed by atoms with Crippen LogP contribution in [-0.4, -0.2) is 25.3 Å². The van der Waals surface area contributed by atoms with E-state index in [0.717, 1.165) is 34.3 Å². The van der Waals surface area contributed by atoms with E-state index in [-0.39, 0.29) is 6.42 Å². The molecule has 0 fully saturated rings. The van der Waals surface area contributed by atoms with Gasteiger partial charge in [-0.25, -0.2) is 0 Å². The zero-order valence-electron chi connectivity index (χ0n) is 11.7. The van der Waals surface area contributed by atoms with E-state index in [1.165, 1.54) is 0 Å². The second kappa shape index (κ2) is 6.28. The minimum Gasteiger partial charge on any atom is -0.497 e. The van der Waals surface area contributed by atoms with E-state index in [1.54, 1.807) is 14.2 Å². The zero-order chi connectivity index (χ0) is 14.5. The number of carboxylic acids is 1. The molecule has 0 bridgehead atoms. The Labute approximate surface area is 117 Å². The molecule has 2 aromatic rings. The number of methoxy groups -OCH3 is 2. The van der Waals surface area contributed by atoms with Crippen molar-refractivity contribution >= 4 is 16.7 Å². The zero-order valence-corrected chi connectivity index (χ0v) is 11.7. The number of carbonyl (C=O) groups is 1. The quantitative estimate of drug-likeness (QED) is 0.878. The highest BCUT2D eigenvalue weighted by molar-refractivity contribution is 5.92. The molecule has 0 spiro atoms. The van der Waals surface area contributed by atoms with Crippen LogP contribution in [0.4, 0.5) is 0 Å². The largest absolute Gasteiger partial charge is 0.497 e. The van der Waals surface area contributed by atoms with Gasteiger partial charge in [0.1, 0.15) is 11.5 Å². The third kappa shape index (κ3) is 3.02. The first-order valence-corrected chi connectivity index (χ1v) is 6.51. The first-order chi connectivity index (χ1) is 9.65. The highest BCUT2D eigenvalue weighted by Gasteiger charge is 2.08. The highest BCUT2D eigenvalue weighted by Crippen LogP contribution is 2.32. The van der Waals surface area contributed by atoms with Crippen LogP contribution in [-0.2, 0) is 11.2 Å². The number of ether oxygens (including phenoxy) is 2. The number of aliphatic carboxylic acids is 1. The number of fused-ring (bicyclic) bond motifs is 1. The van der Waals surface area contributed by atoms with Crippen molar-refractivity contribution < 1.29 is 19.4 Å². The van der Waals surface area contributed by atoms with Crippen molar-refractivity contribution in [3.8, 4) is 11.5 Å². The second-order valence-corrected chi connectivity index (χ2v) is 4.59. The van der Waals surface area contributed by atoms with Crippen molar-refractivity contribution in [2.75, 3.05) is 14.2 Å². The average Bonchev–Trinajstić information content (AvgIpc) is 2.46. The lowest BCUT2D eigenvalue weighted by molar-refractivity contribution is -0.137. The van der Waals surface area contributed by atoms with Gasteiger partial charge < -0.3 is 14.6 Å². The third-order valence-electron chi connectivity index (χ3n) is 3.33. The van der Waals surface area contributed by atoms with Crippen molar-refractivity contribution in [1.82, 2.24) is 0 Å². The second-order valence-electron chi connectivity index (χ2n) is 4.59. The number of hydrogen-bond acceptors (Lipinski definition) is 3. The van der Waals surface area contributed by atoms with Gasteiger partial charge in [0.2, 0.25) is 0 Å². The molecule has 0 aliphatic heterocycles. The summed E-state index contributed by atoms with van der Waals surface area (Å²) in [5, 5.41) is 10.8. The summed E-state index contributed by atoms with van der Waals surface area (Å²) in [6.45, 7) is 0. The molecular formula is C16H18O4. The van der Waals surface area contributed by atoms with E-state index in [4.69, 9.17) is 14.6 Å². The lowest BCUT2D eigenvalue weighted by Gasteiger charge is -2.11. The van der Waals surface area contributed by atoms with Crippen LogP contribution < -0.4 is 9.47 Å². The lowest BCUT2D eigenvalue weighted by atomic mass is 9.99. The summed E-state index contributed by atoms with van der Waals surface area (Å²) in [5.74, 6) is 0.829. The van der Waals surface area contributed by atoms with Gasteiger partial charge in [0.15, 0.2) is 0 Å². The molecule has 4 nitrogen and oxygen atoms in total. The summed E-state index contributed by atoms with van der Waals surface area (Å²) in [6.07, 6.45) is 1.52. The van der Waals surface area contributed by atoms with Crippen molar-refractivity contribution in [3.63, 3.8) is 0 Å². The molecule has 0 radical (unpaired) electrons. The van der Waals surface area contributed by atoms with Gasteiger partial charge >= 0.3 is 5.97 Å². The minimum absolute atomic E-state index is 0.178. The average molecular weight is 274 g/mol. The van der Waals surface area contributed by atoms with Gasteiger partial charge in [-0.15, -0.1) is 0 Å². The Morgan fingerprint density at radius 1 is 1.10 bits per heavy atom. The number of hydrogen-bond donors (Lipinski definition) is 1. The van der Waals surface area contributed by atoms with Crippen LogP contribution in [0.5, 0.6) is 11.5 Å². The van der Waals surface area contributed by atoms with Crippen LogP contribution in [0.3, 0.4) is 0 Å². The van der Waals surface area contributed by atoms with E-state index in [1.807, 2.05) is 30.3 Å². The van der Waals surface area contributed by atoms with E-state index in [2.05, 4.69) is 0 Å². The molecule has 2 aromatic carbocycles. The SMILES string of the molecule is COc1ccc2c(OC)ccc(CCCC(=O)O)c2c1. The highest BCUT2D eigenvalue weighted by atomic mass is 16.5. The first-order valence-electron chi connectivity index (χ1n) is 6.51. The summed E-state index contributed by atoms with van der Waals surface area (Å²) >= 11 is 0. The van der Waals surface area contributed by atoms with Crippen LogP contribution >= 0.6 is 0 Å². The number of aryl methyl sites for hydroxylation is 1. The van der Waals surface area contributed by atoms with Crippen LogP contribution in [0, 0.1) is 0 Å². The monoisotopic (exact) mass is 274 g/mol. The summed E-state index contributed by atoms with van der Waals surface area (Å²) in [5.41, 5.74) is 1.11. The van der Waals surface area contributed by atoms with Gasteiger partial charge in [-0.2, -0.15) is 0 Å². The van der Waals surface area contributed by atoms with E-state index in [0.29, 0.717) is 6.42 Å². The smallest absolute Gasteiger partial charge is 0.303 e. The van der Waals surface area contributed by atoms with Gasteiger partial charge in [0, 0.05) is 11.8 Å². The van der Waals surface area contributed by atoms with E-state index in [9.17, 15) is 4.79 Å². The Balaban J connectivity index is 2.40. The van der Waals surface area contributed by atoms with Crippen molar-refractivity contribution in [1.29, 1.82) is 0 Å². The Bertz CT molecular complexity index is 619. The van der Waals surface area contributed by atoms with Gasteiger partial charge in [-0.05, 0) is 48.1 Å². The maximum absolute atomic E-state index is 10.6. The molecule has 0 saturated heterocycles. The standard InChI is InChI=1S/C16H18O4/c1-19-12-7-8-13-14(10-12)11(4-3-5-16(17)18)6-9-15(13)20-2/h6-10H,3-5H2,1-2H3,(H,17,18). The Morgan fingerprint density at radius 3 is 2.55 bits per heavy atom. The molecular weight excluding hydrogens is 256 g/mol. The molecule has 0 aliphatic carbocycles. The maximum atomic E-state index is 10.6. The van der Waals surface area contributed by atoms with Gasteiger partial charge in [-0.1, -0.05) is 6.07 Å². The Kier molecular flexibility index (Phi) is 4.45. The van der Waals surface area contributed by atoms with Crippen molar-refractivity contribution in [3.05, 3.63) is 35.9 Å². The molecule has 2 rings (SSSR count). The molecule has 0 aromatic heterocycles. The molecule has 1 N–H and O–H groups in total. The number of rotatable bonds is 6. The van der Waals surface area contributed by atoms with Crippen LogP contribution in [0.2, 0.25) is 0 Å². The Hall–Kier alpha value is -2.23. The fraction of sp³-hybridized carbons (Fsp3) is 0.312. The predicted molar refractivity (Wildman–Crippen MR) is 77.6 cm³/mol. The summed E-state index contributed by atoms with van der Waals surface area (Å²) in [6, 6.07) is 9.74. The van der Waals surface area contributed by atoms with E-state index < -0.39 is 5.97 Å². The lowest BCUT2D eigenvalue weighted by Crippen LogP contribution is -1.97.